The molecule has 1 aliphatic carbocycles. The number of hydrogen-bond acceptors (Lipinski definition) is 3. The van der Waals surface area contributed by atoms with Gasteiger partial charge in [0.15, 0.2) is 0 Å². The molecule has 108 valence electrons. The number of benzene rings is 1. The van der Waals surface area contributed by atoms with Crippen molar-refractivity contribution in [2.75, 3.05) is 24.2 Å². The number of rotatable bonds is 2. The summed E-state index contributed by atoms with van der Waals surface area (Å²) in [5, 5.41) is 2.64. The third-order valence-electron chi connectivity index (χ3n) is 4.82. The Kier molecular flexibility index (Phi) is 3.55. The molecular formula is C16H23N3O. The Hall–Kier alpha value is -1.71. The maximum Gasteiger partial charge on any atom is 0.251 e. The van der Waals surface area contributed by atoms with E-state index in [9.17, 15) is 4.79 Å². The van der Waals surface area contributed by atoms with Gasteiger partial charge in [-0.3, -0.25) is 4.79 Å². The van der Waals surface area contributed by atoms with Crippen LogP contribution in [-0.2, 0) is 0 Å². The van der Waals surface area contributed by atoms with Crippen LogP contribution in [0.15, 0.2) is 18.2 Å². The molecule has 1 saturated carbocycles. The molecule has 0 aromatic heterocycles. The number of carbonyl (C=O) groups is 1. The van der Waals surface area contributed by atoms with E-state index in [0.717, 1.165) is 23.8 Å². The first-order valence-corrected chi connectivity index (χ1v) is 7.59. The van der Waals surface area contributed by atoms with Gasteiger partial charge in [0.1, 0.15) is 0 Å². The Morgan fingerprint density at radius 3 is 2.85 bits per heavy atom. The van der Waals surface area contributed by atoms with E-state index in [1.54, 1.807) is 13.1 Å². The number of nitrogens with zero attached hydrogens (tertiary/aromatic N) is 1. The first-order chi connectivity index (χ1) is 9.70. The maximum absolute atomic E-state index is 11.7. The first kappa shape index (κ1) is 13.3. The van der Waals surface area contributed by atoms with E-state index in [1.165, 1.54) is 32.1 Å². The van der Waals surface area contributed by atoms with Gasteiger partial charge < -0.3 is 16.0 Å². The molecule has 3 rings (SSSR count). The van der Waals surface area contributed by atoms with Crippen molar-refractivity contribution in [3.05, 3.63) is 23.8 Å². The van der Waals surface area contributed by atoms with E-state index in [4.69, 9.17) is 5.73 Å². The normalized spacial score (nSPS) is 25.4. The van der Waals surface area contributed by atoms with Crippen LogP contribution in [0.2, 0.25) is 0 Å². The lowest BCUT2D eigenvalue weighted by molar-refractivity contribution is 0.0963. The Morgan fingerprint density at radius 1 is 1.30 bits per heavy atom. The van der Waals surface area contributed by atoms with Crippen molar-refractivity contribution >= 4 is 17.3 Å². The number of fused-ring (bicyclic) bond motifs is 1. The second-order valence-corrected chi connectivity index (χ2v) is 5.95. The lowest BCUT2D eigenvalue weighted by atomic mass is 9.91. The Balaban J connectivity index is 1.88. The number of hydrogen-bond donors (Lipinski definition) is 2. The zero-order chi connectivity index (χ0) is 14.1. The van der Waals surface area contributed by atoms with Crippen LogP contribution in [0.25, 0.3) is 0 Å². The van der Waals surface area contributed by atoms with Crippen LogP contribution in [0.5, 0.6) is 0 Å². The summed E-state index contributed by atoms with van der Waals surface area (Å²) in [7, 11) is 1.64. The van der Waals surface area contributed by atoms with Crippen molar-refractivity contribution in [3.8, 4) is 0 Å². The molecule has 20 heavy (non-hydrogen) atoms. The van der Waals surface area contributed by atoms with Gasteiger partial charge in [-0.05, 0) is 49.8 Å². The summed E-state index contributed by atoms with van der Waals surface area (Å²) in [6, 6.07) is 6.34. The van der Waals surface area contributed by atoms with Crippen molar-refractivity contribution in [3.63, 3.8) is 0 Å². The van der Waals surface area contributed by atoms with Gasteiger partial charge in [0.25, 0.3) is 5.91 Å². The monoisotopic (exact) mass is 273 g/mol. The molecule has 2 atom stereocenters. The van der Waals surface area contributed by atoms with Crippen LogP contribution in [0.4, 0.5) is 11.4 Å². The molecule has 2 unspecified atom stereocenters. The summed E-state index contributed by atoms with van der Waals surface area (Å²) in [6.45, 7) is 1.09. The molecular weight excluding hydrogens is 250 g/mol. The number of anilines is 2. The lowest BCUT2D eigenvalue weighted by Crippen LogP contribution is -2.43. The van der Waals surface area contributed by atoms with Crippen molar-refractivity contribution in [1.82, 2.24) is 5.32 Å². The van der Waals surface area contributed by atoms with E-state index in [0.29, 0.717) is 11.6 Å². The van der Waals surface area contributed by atoms with Crippen molar-refractivity contribution < 1.29 is 4.79 Å². The summed E-state index contributed by atoms with van der Waals surface area (Å²) >= 11 is 0. The number of nitrogen functional groups attached to an aromatic ring is 1. The van der Waals surface area contributed by atoms with Crippen LogP contribution in [0.3, 0.4) is 0 Å². The maximum atomic E-state index is 11.7. The molecule has 3 N–H and O–H groups in total. The molecule has 1 aliphatic heterocycles. The van der Waals surface area contributed by atoms with Crippen molar-refractivity contribution in [2.24, 2.45) is 5.92 Å². The highest BCUT2D eigenvalue weighted by molar-refractivity contribution is 5.96. The second-order valence-electron chi connectivity index (χ2n) is 5.95. The van der Waals surface area contributed by atoms with Crippen LogP contribution in [0.1, 0.15) is 42.5 Å². The smallest absolute Gasteiger partial charge is 0.251 e. The largest absolute Gasteiger partial charge is 0.397 e. The molecule has 0 bridgehead atoms. The zero-order valence-corrected chi connectivity index (χ0v) is 12.1. The third-order valence-corrected chi connectivity index (χ3v) is 4.82. The van der Waals surface area contributed by atoms with Crippen molar-refractivity contribution in [1.29, 1.82) is 0 Å². The van der Waals surface area contributed by atoms with E-state index in [-0.39, 0.29) is 5.91 Å². The Labute approximate surface area is 120 Å². The van der Waals surface area contributed by atoms with Crippen molar-refractivity contribution in [2.45, 2.75) is 38.1 Å². The minimum Gasteiger partial charge on any atom is -0.397 e. The summed E-state index contributed by atoms with van der Waals surface area (Å²) in [5.41, 5.74) is 8.67. The quantitative estimate of drug-likeness (QED) is 0.813. The lowest BCUT2D eigenvalue weighted by Gasteiger charge is -2.40. The molecule has 0 radical (unpaired) electrons. The SMILES string of the molecule is CNC(=O)c1ccc(N2CCCC3CCCC32)c(N)c1. The van der Waals surface area contributed by atoms with Gasteiger partial charge in [-0.2, -0.15) is 0 Å². The molecule has 4 nitrogen and oxygen atoms in total. The molecule has 1 heterocycles. The van der Waals surface area contributed by atoms with Gasteiger partial charge >= 0.3 is 0 Å². The van der Waals surface area contributed by atoms with Crippen LogP contribution >= 0.6 is 0 Å². The minimum atomic E-state index is -0.0827. The number of carbonyl (C=O) groups excluding carboxylic acids is 1. The minimum absolute atomic E-state index is 0.0827. The highest BCUT2D eigenvalue weighted by Gasteiger charge is 2.35. The standard InChI is InChI=1S/C16H23N3O/c1-18-16(20)12-7-8-15(13(17)10-12)19-9-3-5-11-4-2-6-14(11)19/h7-8,10-11,14H,2-6,9,17H2,1H3,(H,18,20). The predicted octanol–water partition coefficient (Wildman–Crippen LogP) is 2.40. The summed E-state index contributed by atoms with van der Waals surface area (Å²) in [5.74, 6) is 0.752. The Morgan fingerprint density at radius 2 is 2.10 bits per heavy atom. The van der Waals surface area contributed by atoms with E-state index >= 15 is 0 Å². The van der Waals surface area contributed by atoms with E-state index in [2.05, 4.69) is 10.2 Å². The van der Waals surface area contributed by atoms with Gasteiger partial charge in [0.05, 0.1) is 11.4 Å². The van der Waals surface area contributed by atoms with Crippen LogP contribution < -0.4 is 16.0 Å². The van der Waals surface area contributed by atoms with Gasteiger partial charge in [-0.25, -0.2) is 0 Å². The summed E-state index contributed by atoms with van der Waals surface area (Å²) in [4.78, 5) is 14.1. The topological polar surface area (TPSA) is 58.4 Å². The fraction of sp³-hybridized carbons (Fsp3) is 0.562. The fourth-order valence-corrected chi connectivity index (χ4v) is 3.85. The molecule has 1 aromatic rings. The zero-order valence-electron chi connectivity index (χ0n) is 12.1. The first-order valence-electron chi connectivity index (χ1n) is 7.59. The highest BCUT2D eigenvalue weighted by Crippen LogP contribution is 2.40. The molecule has 1 amide bonds. The van der Waals surface area contributed by atoms with Crippen LogP contribution in [0, 0.1) is 5.92 Å². The van der Waals surface area contributed by atoms with Gasteiger partial charge in [0, 0.05) is 25.2 Å². The van der Waals surface area contributed by atoms with E-state index in [1.807, 2.05) is 12.1 Å². The Bertz CT molecular complexity index is 514. The van der Waals surface area contributed by atoms with Gasteiger partial charge in [-0.1, -0.05) is 6.42 Å². The van der Waals surface area contributed by atoms with Crippen LogP contribution in [-0.4, -0.2) is 25.5 Å². The molecule has 2 aliphatic rings. The van der Waals surface area contributed by atoms with E-state index < -0.39 is 0 Å². The predicted molar refractivity (Wildman–Crippen MR) is 82.0 cm³/mol. The van der Waals surface area contributed by atoms with Gasteiger partial charge in [0.2, 0.25) is 0 Å². The number of nitrogens with one attached hydrogen (secondary N) is 1. The highest BCUT2D eigenvalue weighted by atomic mass is 16.1. The fourth-order valence-electron chi connectivity index (χ4n) is 3.85. The number of piperidine rings is 1. The third kappa shape index (κ3) is 2.23. The average Bonchev–Trinajstić information content (AvgIpc) is 2.95. The molecule has 1 aromatic carbocycles. The molecule has 2 fully saturated rings. The molecule has 0 spiro atoms. The molecule has 1 saturated heterocycles. The summed E-state index contributed by atoms with van der Waals surface area (Å²) in [6.07, 6.45) is 6.58. The number of amides is 1. The summed E-state index contributed by atoms with van der Waals surface area (Å²) < 4.78 is 0. The van der Waals surface area contributed by atoms with Gasteiger partial charge in [-0.15, -0.1) is 0 Å². The average molecular weight is 273 g/mol. The molecule has 4 heteroatoms. The number of nitrogens with two attached hydrogens (primary N) is 1. The second kappa shape index (κ2) is 5.35.